The Bertz CT molecular complexity index is 3560. The molecule has 286 valence electrons. The topological polar surface area (TPSA) is 29.5 Å². The zero-order valence-corrected chi connectivity index (χ0v) is 33.1. The predicted molar refractivity (Wildman–Crippen MR) is 255 cm³/mol. The zero-order valence-electron chi connectivity index (χ0n) is 33.1. The van der Waals surface area contributed by atoms with Gasteiger partial charge < -0.3 is 13.7 Å². The van der Waals surface area contributed by atoms with Crippen LogP contribution in [0.3, 0.4) is 0 Å². The quantitative estimate of drug-likeness (QED) is 0.161. The normalized spacial score (nSPS) is 11.6. The van der Waals surface area contributed by atoms with Crippen LogP contribution in [-0.4, -0.2) is 0 Å². The maximum atomic E-state index is 6.76. The number of hydrogen-bond acceptors (Lipinski definition) is 3. The lowest BCUT2D eigenvalue weighted by molar-refractivity contribution is 0.669. The first-order valence-electron chi connectivity index (χ1n) is 20.7. The van der Waals surface area contributed by atoms with E-state index in [1.165, 1.54) is 21.9 Å². The van der Waals surface area contributed by atoms with E-state index in [0.29, 0.717) is 0 Å². The molecule has 3 nitrogen and oxygen atoms in total. The highest BCUT2D eigenvalue weighted by atomic mass is 16.3. The van der Waals surface area contributed by atoms with Gasteiger partial charge in [0.05, 0.1) is 11.1 Å². The molecule has 0 N–H and O–H groups in total. The summed E-state index contributed by atoms with van der Waals surface area (Å²) in [4.78, 5) is 2.34. The molecule has 0 unspecified atom stereocenters. The van der Waals surface area contributed by atoms with E-state index in [-0.39, 0.29) is 0 Å². The highest BCUT2D eigenvalue weighted by Gasteiger charge is 2.23. The summed E-state index contributed by atoms with van der Waals surface area (Å²) in [5, 5.41) is 6.81. The highest BCUT2D eigenvalue weighted by Crippen LogP contribution is 2.47. The van der Waals surface area contributed by atoms with Crippen LogP contribution in [-0.2, 0) is 0 Å². The molecule has 3 heteroatoms. The first kappa shape index (κ1) is 34.9. The highest BCUT2D eigenvalue weighted by molar-refractivity contribution is 6.17. The molecule has 0 amide bonds. The standard InChI is InChI=1S/C58H37NO2/c1-3-12-38(13-4-1)44-28-32-50-51-33-31-46(37-56(51)60-55(50)36-44)59(53-35-34-49(42-14-5-2-6-15-42)58-57(53)52-19-9-10-21-54(52)61-58)45-29-26-40(27-30-45)39-22-24-43(25-23-39)48-20-11-17-41-16-7-8-18-47(41)48/h1-37H. The van der Waals surface area contributed by atoms with Crippen LogP contribution in [0.2, 0.25) is 0 Å². The van der Waals surface area contributed by atoms with E-state index >= 15 is 0 Å². The van der Waals surface area contributed by atoms with Crippen molar-refractivity contribution in [1.82, 2.24) is 0 Å². The van der Waals surface area contributed by atoms with E-state index in [2.05, 4.69) is 217 Å². The summed E-state index contributed by atoms with van der Waals surface area (Å²) in [5.74, 6) is 0. The van der Waals surface area contributed by atoms with Gasteiger partial charge in [-0.15, -0.1) is 0 Å². The number of para-hydroxylation sites is 1. The molecule has 0 saturated heterocycles. The Morgan fingerprint density at radius 2 is 0.852 bits per heavy atom. The molecule has 0 bridgehead atoms. The van der Waals surface area contributed by atoms with E-state index in [4.69, 9.17) is 8.83 Å². The second kappa shape index (κ2) is 14.3. The number of nitrogens with zero attached hydrogens (tertiary/aromatic N) is 1. The Morgan fingerprint density at radius 3 is 1.64 bits per heavy atom. The third-order valence-corrected chi connectivity index (χ3v) is 12.1. The van der Waals surface area contributed by atoms with Crippen LogP contribution in [0, 0.1) is 0 Å². The molecule has 0 radical (unpaired) electrons. The molecule has 0 atom stereocenters. The third kappa shape index (κ3) is 5.98. The lowest BCUT2D eigenvalue weighted by atomic mass is 9.96. The van der Waals surface area contributed by atoms with E-state index in [9.17, 15) is 0 Å². The van der Waals surface area contributed by atoms with Gasteiger partial charge in [0.2, 0.25) is 0 Å². The molecule has 61 heavy (non-hydrogen) atoms. The second-order valence-corrected chi connectivity index (χ2v) is 15.6. The molecule has 0 fully saturated rings. The fourth-order valence-corrected chi connectivity index (χ4v) is 9.11. The van der Waals surface area contributed by atoms with Gasteiger partial charge in [-0.3, -0.25) is 0 Å². The van der Waals surface area contributed by atoms with Crippen LogP contribution in [0.1, 0.15) is 0 Å². The summed E-state index contributed by atoms with van der Waals surface area (Å²) in [6.07, 6.45) is 0. The second-order valence-electron chi connectivity index (χ2n) is 15.6. The average molecular weight is 780 g/mol. The van der Waals surface area contributed by atoms with Crippen LogP contribution >= 0.6 is 0 Å². The van der Waals surface area contributed by atoms with Crippen molar-refractivity contribution in [3.63, 3.8) is 0 Å². The van der Waals surface area contributed by atoms with Crippen LogP contribution < -0.4 is 4.90 Å². The van der Waals surface area contributed by atoms with Crippen molar-refractivity contribution in [1.29, 1.82) is 0 Å². The van der Waals surface area contributed by atoms with Gasteiger partial charge in [-0.2, -0.15) is 0 Å². The summed E-state index contributed by atoms with van der Waals surface area (Å²) in [7, 11) is 0. The molecule has 10 aromatic carbocycles. The third-order valence-electron chi connectivity index (χ3n) is 12.1. The monoisotopic (exact) mass is 779 g/mol. The number of fused-ring (bicyclic) bond motifs is 7. The van der Waals surface area contributed by atoms with Crippen molar-refractivity contribution in [3.8, 4) is 44.5 Å². The first-order valence-corrected chi connectivity index (χ1v) is 20.7. The zero-order chi connectivity index (χ0) is 40.3. The first-order chi connectivity index (χ1) is 30.2. The minimum absolute atomic E-state index is 0.833. The molecule has 0 aliphatic heterocycles. The van der Waals surface area contributed by atoms with Gasteiger partial charge in [0.25, 0.3) is 0 Å². The van der Waals surface area contributed by atoms with E-state index in [1.54, 1.807) is 0 Å². The molecule has 0 saturated carbocycles. The molecular weight excluding hydrogens is 743 g/mol. The van der Waals surface area contributed by atoms with Gasteiger partial charge in [-0.05, 0) is 104 Å². The van der Waals surface area contributed by atoms with Crippen LogP contribution in [0.5, 0.6) is 0 Å². The minimum Gasteiger partial charge on any atom is -0.456 e. The lowest BCUT2D eigenvalue weighted by Crippen LogP contribution is -2.10. The fraction of sp³-hybridized carbons (Fsp3) is 0. The molecular formula is C58H37NO2. The Balaban J connectivity index is 1.00. The van der Waals surface area contributed by atoms with Crippen molar-refractivity contribution in [2.24, 2.45) is 0 Å². The van der Waals surface area contributed by atoms with Crippen LogP contribution in [0.25, 0.3) is 99.2 Å². The molecule has 2 heterocycles. The summed E-state index contributed by atoms with van der Waals surface area (Å²) >= 11 is 0. The number of benzene rings is 10. The maximum Gasteiger partial charge on any atom is 0.145 e. The van der Waals surface area contributed by atoms with Crippen molar-refractivity contribution in [3.05, 3.63) is 224 Å². The number of rotatable bonds is 7. The average Bonchev–Trinajstić information content (AvgIpc) is 3.91. The van der Waals surface area contributed by atoms with Crippen LogP contribution in [0.4, 0.5) is 17.1 Å². The Hall–Kier alpha value is -8.14. The van der Waals surface area contributed by atoms with E-state index < -0.39 is 0 Å². The molecule has 0 aliphatic carbocycles. The SMILES string of the molecule is c1ccc(-c2ccc3c(c2)oc2cc(N(c4ccc(-c5ccc(-c6cccc7ccccc67)cc5)cc4)c4ccc(-c5ccccc5)c5oc6ccccc6c45)ccc23)cc1. The van der Waals surface area contributed by atoms with Crippen molar-refractivity contribution in [2.75, 3.05) is 4.90 Å². The predicted octanol–water partition coefficient (Wildman–Crippen LogP) is 16.8. The largest absolute Gasteiger partial charge is 0.456 e. The summed E-state index contributed by atoms with van der Waals surface area (Å²) in [5.41, 5.74) is 15.7. The Labute approximate surface area is 353 Å². The Morgan fingerprint density at radius 1 is 0.295 bits per heavy atom. The van der Waals surface area contributed by atoms with Gasteiger partial charge in [-0.1, -0.05) is 164 Å². The summed E-state index contributed by atoms with van der Waals surface area (Å²) in [6, 6.07) is 79.7. The van der Waals surface area contributed by atoms with Gasteiger partial charge in [0.1, 0.15) is 22.3 Å². The van der Waals surface area contributed by atoms with Gasteiger partial charge in [0.15, 0.2) is 0 Å². The lowest BCUT2D eigenvalue weighted by Gasteiger charge is -2.27. The smallest absolute Gasteiger partial charge is 0.145 e. The van der Waals surface area contributed by atoms with Crippen molar-refractivity contribution < 1.29 is 8.83 Å². The number of furan rings is 2. The van der Waals surface area contributed by atoms with Crippen molar-refractivity contribution >= 4 is 71.7 Å². The number of anilines is 3. The van der Waals surface area contributed by atoms with Crippen LogP contribution in [0.15, 0.2) is 233 Å². The van der Waals surface area contributed by atoms with Gasteiger partial charge >= 0.3 is 0 Å². The summed E-state index contributed by atoms with van der Waals surface area (Å²) in [6.45, 7) is 0. The Kier molecular flexibility index (Phi) is 8.17. The molecule has 2 aromatic heterocycles. The van der Waals surface area contributed by atoms with Crippen molar-refractivity contribution in [2.45, 2.75) is 0 Å². The van der Waals surface area contributed by atoms with E-state index in [0.717, 1.165) is 94.3 Å². The fourth-order valence-electron chi connectivity index (χ4n) is 9.11. The minimum atomic E-state index is 0.833. The van der Waals surface area contributed by atoms with Gasteiger partial charge in [-0.25, -0.2) is 0 Å². The molecule has 0 spiro atoms. The summed E-state index contributed by atoms with van der Waals surface area (Å²) < 4.78 is 13.4. The maximum absolute atomic E-state index is 6.76. The molecule has 0 aliphatic rings. The molecule has 12 rings (SSSR count). The molecule has 12 aromatic rings. The van der Waals surface area contributed by atoms with E-state index in [1.807, 2.05) is 12.1 Å². The number of hydrogen-bond donors (Lipinski definition) is 0. The van der Waals surface area contributed by atoms with Gasteiger partial charge in [0, 0.05) is 39.2 Å².